The summed E-state index contributed by atoms with van der Waals surface area (Å²) in [5, 5.41) is 3.68. The molecule has 2 aromatic rings. The van der Waals surface area contributed by atoms with E-state index in [-0.39, 0.29) is 6.04 Å². The van der Waals surface area contributed by atoms with Gasteiger partial charge >= 0.3 is 0 Å². The number of rotatable bonds is 4. The topological polar surface area (TPSA) is 34.1 Å². The Kier molecular flexibility index (Phi) is 3.70. The van der Waals surface area contributed by atoms with Gasteiger partial charge in [-0.3, -0.25) is 4.98 Å². The molecular formula is C17H20N2O. The normalized spacial score (nSPS) is 18.6. The molecule has 0 aliphatic heterocycles. The Hall–Kier alpha value is -1.87. The first-order chi connectivity index (χ1) is 9.78. The van der Waals surface area contributed by atoms with Crippen LogP contribution < -0.4 is 10.1 Å². The number of nitrogens with zero attached hydrogens (tertiary/aromatic N) is 1. The van der Waals surface area contributed by atoms with E-state index in [1.807, 2.05) is 24.4 Å². The standard InChI is InChI=1S/C17H20N2O/c1-12(16-5-3-4-10-18-16)19-17-9-7-13-6-8-14(20-2)11-15(13)17/h3-6,8,10-12,17,19H,7,9H2,1-2H3/t12-,17?/m0/s1. The van der Waals surface area contributed by atoms with Gasteiger partial charge in [-0.25, -0.2) is 0 Å². The van der Waals surface area contributed by atoms with Gasteiger partial charge in [0.1, 0.15) is 5.75 Å². The van der Waals surface area contributed by atoms with Gasteiger partial charge in [0.25, 0.3) is 0 Å². The molecule has 2 atom stereocenters. The van der Waals surface area contributed by atoms with Gasteiger partial charge in [-0.1, -0.05) is 12.1 Å². The number of ether oxygens (including phenoxy) is 1. The highest BCUT2D eigenvalue weighted by Crippen LogP contribution is 2.35. The summed E-state index contributed by atoms with van der Waals surface area (Å²) in [7, 11) is 1.72. The van der Waals surface area contributed by atoms with Gasteiger partial charge in [-0.15, -0.1) is 0 Å². The molecule has 1 aromatic heterocycles. The van der Waals surface area contributed by atoms with Crippen molar-refractivity contribution in [3.05, 3.63) is 59.4 Å². The summed E-state index contributed by atoms with van der Waals surface area (Å²) in [5.74, 6) is 0.933. The van der Waals surface area contributed by atoms with Gasteiger partial charge in [0, 0.05) is 18.3 Å². The number of aryl methyl sites for hydroxylation is 1. The van der Waals surface area contributed by atoms with Crippen LogP contribution in [0.4, 0.5) is 0 Å². The third kappa shape index (κ3) is 2.54. The van der Waals surface area contributed by atoms with Gasteiger partial charge in [0.05, 0.1) is 12.8 Å². The Balaban J connectivity index is 1.78. The molecule has 104 valence electrons. The van der Waals surface area contributed by atoms with E-state index in [1.165, 1.54) is 11.1 Å². The molecule has 1 aliphatic carbocycles. The number of aromatic nitrogens is 1. The SMILES string of the molecule is COc1ccc2c(c1)C(N[C@@H](C)c1ccccn1)CC2. The van der Waals surface area contributed by atoms with E-state index in [0.29, 0.717) is 6.04 Å². The van der Waals surface area contributed by atoms with Crippen molar-refractivity contribution in [1.29, 1.82) is 0 Å². The second-order valence-corrected chi connectivity index (χ2v) is 5.30. The van der Waals surface area contributed by atoms with Gasteiger partial charge in [-0.05, 0) is 55.2 Å². The Morgan fingerprint density at radius 1 is 1.30 bits per heavy atom. The van der Waals surface area contributed by atoms with Crippen LogP contribution in [-0.4, -0.2) is 12.1 Å². The fourth-order valence-electron chi connectivity index (χ4n) is 2.90. The molecule has 1 N–H and O–H groups in total. The van der Waals surface area contributed by atoms with E-state index in [4.69, 9.17) is 4.74 Å². The fraction of sp³-hybridized carbons (Fsp3) is 0.353. The van der Waals surface area contributed by atoms with Gasteiger partial charge in [-0.2, -0.15) is 0 Å². The highest BCUT2D eigenvalue weighted by Gasteiger charge is 2.24. The number of pyridine rings is 1. The van der Waals surface area contributed by atoms with E-state index in [2.05, 4.69) is 35.4 Å². The molecule has 0 bridgehead atoms. The lowest BCUT2D eigenvalue weighted by Gasteiger charge is -2.20. The van der Waals surface area contributed by atoms with E-state index >= 15 is 0 Å². The molecule has 0 saturated carbocycles. The first-order valence-corrected chi connectivity index (χ1v) is 7.11. The molecule has 3 nitrogen and oxygen atoms in total. The van der Waals surface area contributed by atoms with E-state index < -0.39 is 0 Å². The molecule has 0 fully saturated rings. The van der Waals surface area contributed by atoms with Crippen molar-refractivity contribution in [2.45, 2.75) is 31.8 Å². The van der Waals surface area contributed by atoms with Crippen molar-refractivity contribution in [1.82, 2.24) is 10.3 Å². The first-order valence-electron chi connectivity index (χ1n) is 7.11. The maximum absolute atomic E-state index is 5.34. The lowest BCUT2D eigenvalue weighted by molar-refractivity contribution is 0.412. The van der Waals surface area contributed by atoms with Crippen LogP contribution in [0.2, 0.25) is 0 Å². The Labute approximate surface area is 120 Å². The molecule has 1 aliphatic rings. The lowest BCUT2D eigenvalue weighted by Crippen LogP contribution is -2.23. The minimum absolute atomic E-state index is 0.248. The van der Waals surface area contributed by atoms with E-state index in [9.17, 15) is 0 Å². The van der Waals surface area contributed by atoms with Crippen molar-refractivity contribution < 1.29 is 4.74 Å². The number of hydrogen-bond acceptors (Lipinski definition) is 3. The maximum atomic E-state index is 5.34. The number of nitrogens with one attached hydrogen (secondary N) is 1. The molecule has 3 heteroatoms. The highest BCUT2D eigenvalue weighted by molar-refractivity contribution is 5.41. The lowest BCUT2D eigenvalue weighted by atomic mass is 10.1. The summed E-state index contributed by atoms with van der Waals surface area (Å²) in [6.45, 7) is 2.17. The van der Waals surface area contributed by atoms with Crippen molar-refractivity contribution in [2.24, 2.45) is 0 Å². The van der Waals surface area contributed by atoms with Crippen LogP contribution in [0.5, 0.6) is 5.75 Å². The molecule has 3 rings (SSSR count). The summed E-state index contributed by atoms with van der Waals surface area (Å²) in [4.78, 5) is 4.42. The maximum Gasteiger partial charge on any atom is 0.119 e. The molecule has 0 saturated heterocycles. The number of methoxy groups -OCH3 is 1. The summed E-state index contributed by atoms with van der Waals surface area (Å²) in [6, 6.07) is 13.1. The highest BCUT2D eigenvalue weighted by atomic mass is 16.5. The fourth-order valence-corrected chi connectivity index (χ4v) is 2.90. The number of benzene rings is 1. The molecule has 1 unspecified atom stereocenters. The van der Waals surface area contributed by atoms with Crippen molar-refractivity contribution in [3.63, 3.8) is 0 Å². The first kappa shape index (κ1) is 13.1. The molecule has 1 heterocycles. The van der Waals surface area contributed by atoms with Crippen LogP contribution in [0.15, 0.2) is 42.6 Å². The zero-order valence-corrected chi connectivity index (χ0v) is 12.0. The average Bonchev–Trinajstić information content (AvgIpc) is 2.90. The summed E-state index contributed by atoms with van der Waals surface area (Å²) in [5.41, 5.74) is 3.88. The second kappa shape index (κ2) is 5.63. The van der Waals surface area contributed by atoms with E-state index in [1.54, 1.807) is 7.11 Å². The molecule has 20 heavy (non-hydrogen) atoms. The molecular weight excluding hydrogens is 248 g/mol. The third-order valence-corrected chi connectivity index (χ3v) is 4.01. The zero-order valence-electron chi connectivity index (χ0n) is 12.0. The monoisotopic (exact) mass is 268 g/mol. The molecule has 0 amide bonds. The largest absolute Gasteiger partial charge is 0.497 e. The predicted molar refractivity (Wildman–Crippen MR) is 79.8 cm³/mol. The van der Waals surface area contributed by atoms with Crippen LogP contribution >= 0.6 is 0 Å². The van der Waals surface area contributed by atoms with Gasteiger partial charge in [0.2, 0.25) is 0 Å². The summed E-state index contributed by atoms with van der Waals surface area (Å²) < 4.78 is 5.34. The second-order valence-electron chi connectivity index (χ2n) is 5.30. The van der Waals surface area contributed by atoms with Crippen LogP contribution in [-0.2, 0) is 6.42 Å². The van der Waals surface area contributed by atoms with Crippen LogP contribution in [0.25, 0.3) is 0 Å². The Bertz CT molecular complexity index is 583. The van der Waals surface area contributed by atoms with Crippen LogP contribution in [0.1, 0.15) is 42.2 Å². The molecule has 0 spiro atoms. The number of fused-ring (bicyclic) bond motifs is 1. The third-order valence-electron chi connectivity index (χ3n) is 4.01. The van der Waals surface area contributed by atoms with Gasteiger partial charge in [0.15, 0.2) is 0 Å². The quantitative estimate of drug-likeness (QED) is 0.922. The van der Waals surface area contributed by atoms with Crippen molar-refractivity contribution >= 4 is 0 Å². The zero-order chi connectivity index (χ0) is 13.9. The van der Waals surface area contributed by atoms with Crippen LogP contribution in [0.3, 0.4) is 0 Å². The number of hydrogen-bond donors (Lipinski definition) is 1. The molecule has 1 aromatic carbocycles. The van der Waals surface area contributed by atoms with Gasteiger partial charge < -0.3 is 10.1 Å². The minimum Gasteiger partial charge on any atom is -0.497 e. The smallest absolute Gasteiger partial charge is 0.119 e. The average molecular weight is 268 g/mol. The minimum atomic E-state index is 0.248. The Morgan fingerprint density at radius 3 is 2.95 bits per heavy atom. The van der Waals surface area contributed by atoms with Crippen molar-refractivity contribution in [3.8, 4) is 5.75 Å². The predicted octanol–water partition coefficient (Wildman–Crippen LogP) is 3.43. The van der Waals surface area contributed by atoms with E-state index in [0.717, 1.165) is 24.3 Å². The molecule has 0 radical (unpaired) electrons. The van der Waals surface area contributed by atoms with Crippen LogP contribution in [0, 0.1) is 0 Å². The van der Waals surface area contributed by atoms with Crippen molar-refractivity contribution in [2.75, 3.05) is 7.11 Å². The summed E-state index contributed by atoms with van der Waals surface area (Å²) >= 11 is 0. The summed E-state index contributed by atoms with van der Waals surface area (Å²) in [6.07, 6.45) is 4.12. The Morgan fingerprint density at radius 2 is 2.20 bits per heavy atom.